The van der Waals surface area contributed by atoms with E-state index in [1.165, 1.54) is 12.8 Å². The van der Waals surface area contributed by atoms with E-state index < -0.39 is 0 Å². The van der Waals surface area contributed by atoms with Crippen LogP contribution in [0.3, 0.4) is 0 Å². The lowest BCUT2D eigenvalue weighted by molar-refractivity contribution is 0.0787. The molecule has 1 amide bonds. The molecule has 2 aromatic rings. The molecule has 0 unspecified atom stereocenters. The van der Waals surface area contributed by atoms with Gasteiger partial charge in [-0.05, 0) is 37.8 Å². The molecular weight excluding hydrogens is 236 g/mol. The number of hydrogen-bond donors (Lipinski definition) is 0. The quantitative estimate of drug-likeness (QED) is 0.843. The zero-order chi connectivity index (χ0) is 13.4. The average Bonchev–Trinajstić information content (AvgIpc) is 3.21. The second-order valence-corrected chi connectivity index (χ2v) is 5.44. The Morgan fingerprint density at radius 2 is 2.11 bits per heavy atom. The third-order valence-electron chi connectivity index (χ3n) is 3.72. The number of carbonyl (C=O) groups excluding carboxylic acids is 1. The van der Waals surface area contributed by atoms with E-state index in [0.29, 0.717) is 5.92 Å². The summed E-state index contributed by atoms with van der Waals surface area (Å²) in [5.41, 5.74) is 2.48. The van der Waals surface area contributed by atoms with Gasteiger partial charge < -0.3 is 4.90 Å². The molecule has 3 nitrogen and oxygen atoms in total. The second-order valence-electron chi connectivity index (χ2n) is 5.44. The fourth-order valence-corrected chi connectivity index (χ4v) is 2.41. The standard InChI is InChI=1S/C16H18N2O/c1-11-14(16(19)18(2)10-12-7-8-12)9-13-5-3-4-6-15(13)17-11/h3-6,9,12H,7-8,10H2,1-2H3. The minimum Gasteiger partial charge on any atom is -0.341 e. The molecule has 0 spiro atoms. The van der Waals surface area contributed by atoms with Crippen LogP contribution in [0.25, 0.3) is 10.9 Å². The summed E-state index contributed by atoms with van der Waals surface area (Å²) in [6.45, 7) is 2.77. The minimum absolute atomic E-state index is 0.0858. The first-order valence-electron chi connectivity index (χ1n) is 6.77. The summed E-state index contributed by atoms with van der Waals surface area (Å²) in [5, 5.41) is 1.02. The Balaban J connectivity index is 1.94. The van der Waals surface area contributed by atoms with Crippen LogP contribution in [0.2, 0.25) is 0 Å². The molecule has 0 N–H and O–H groups in total. The molecule has 98 valence electrons. The summed E-state index contributed by atoms with van der Waals surface area (Å²) in [7, 11) is 1.88. The number of fused-ring (bicyclic) bond motifs is 1. The Bertz CT molecular complexity index is 632. The van der Waals surface area contributed by atoms with Gasteiger partial charge >= 0.3 is 0 Å². The number of amides is 1. The van der Waals surface area contributed by atoms with E-state index in [1.807, 2.05) is 49.2 Å². The number of aryl methyl sites for hydroxylation is 1. The molecule has 1 saturated carbocycles. The number of para-hydroxylation sites is 1. The fourth-order valence-electron chi connectivity index (χ4n) is 2.41. The lowest BCUT2D eigenvalue weighted by Gasteiger charge is -2.18. The molecular formula is C16H18N2O. The smallest absolute Gasteiger partial charge is 0.255 e. The molecule has 1 fully saturated rings. The van der Waals surface area contributed by atoms with Crippen molar-refractivity contribution >= 4 is 16.8 Å². The van der Waals surface area contributed by atoms with Crippen molar-refractivity contribution in [3.05, 3.63) is 41.6 Å². The predicted molar refractivity (Wildman–Crippen MR) is 76.2 cm³/mol. The Morgan fingerprint density at radius 3 is 2.84 bits per heavy atom. The summed E-state index contributed by atoms with van der Waals surface area (Å²) in [6.07, 6.45) is 2.51. The zero-order valence-corrected chi connectivity index (χ0v) is 11.4. The van der Waals surface area contributed by atoms with Crippen LogP contribution in [0.1, 0.15) is 28.9 Å². The van der Waals surface area contributed by atoms with E-state index in [2.05, 4.69) is 4.98 Å². The highest BCUT2D eigenvalue weighted by Crippen LogP contribution is 2.30. The molecule has 0 aliphatic heterocycles. The van der Waals surface area contributed by atoms with Gasteiger partial charge in [-0.15, -0.1) is 0 Å². The molecule has 3 heteroatoms. The zero-order valence-electron chi connectivity index (χ0n) is 11.4. The Morgan fingerprint density at radius 1 is 1.37 bits per heavy atom. The van der Waals surface area contributed by atoms with Crippen molar-refractivity contribution < 1.29 is 4.79 Å². The van der Waals surface area contributed by atoms with Crippen LogP contribution in [0, 0.1) is 12.8 Å². The first-order chi connectivity index (χ1) is 9.15. The van der Waals surface area contributed by atoms with Gasteiger partial charge in [0, 0.05) is 19.0 Å². The third kappa shape index (κ3) is 2.46. The maximum Gasteiger partial charge on any atom is 0.255 e. The Labute approximate surface area is 113 Å². The van der Waals surface area contributed by atoms with E-state index in [4.69, 9.17) is 0 Å². The van der Waals surface area contributed by atoms with Crippen LogP contribution in [-0.4, -0.2) is 29.4 Å². The summed E-state index contributed by atoms with van der Waals surface area (Å²) in [4.78, 5) is 18.8. The molecule has 0 saturated heterocycles. The van der Waals surface area contributed by atoms with Gasteiger partial charge in [-0.1, -0.05) is 18.2 Å². The Hall–Kier alpha value is -1.90. The molecule has 1 aromatic heterocycles. The summed E-state index contributed by atoms with van der Waals surface area (Å²) in [6, 6.07) is 9.88. The van der Waals surface area contributed by atoms with Crippen molar-refractivity contribution in [3.63, 3.8) is 0 Å². The molecule has 3 rings (SSSR count). The van der Waals surface area contributed by atoms with Crippen LogP contribution in [0.4, 0.5) is 0 Å². The van der Waals surface area contributed by atoms with Gasteiger partial charge in [-0.2, -0.15) is 0 Å². The molecule has 19 heavy (non-hydrogen) atoms. The number of pyridine rings is 1. The van der Waals surface area contributed by atoms with Crippen molar-refractivity contribution in [3.8, 4) is 0 Å². The van der Waals surface area contributed by atoms with E-state index in [-0.39, 0.29) is 5.91 Å². The van der Waals surface area contributed by atoms with Gasteiger partial charge in [0.1, 0.15) is 0 Å². The number of nitrogens with zero attached hydrogens (tertiary/aromatic N) is 2. The van der Waals surface area contributed by atoms with Gasteiger partial charge in [0.25, 0.3) is 5.91 Å². The van der Waals surface area contributed by atoms with Gasteiger partial charge in [-0.25, -0.2) is 0 Å². The minimum atomic E-state index is 0.0858. The van der Waals surface area contributed by atoms with Crippen LogP contribution < -0.4 is 0 Å². The highest BCUT2D eigenvalue weighted by Gasteiger charge is 2.26. The summed E-state index contributed by atoms with van der Waals surface area (Å²) >= 11 is 0. The first-order valence-corrected chi connectivity index (χ1v) is 6.77. The first kappa shape index (κ1) is 12.2. The topological polar surface area (TPSA) is 33.2 Å². The summed E-state index contributed by atoms with van der Waals surface area (Å²) in [5.74, 6) is 0.797. The SMILES string of the molecule is Cc1nc2ccccc2cc1C(=O)N(C)CC1CC1. The monoisotopic (exact) mass is 254 g/mol. The van der Waals surface area contributed by atoms with Crippen molar-refractivity contribution in [2.75, 3.05) is 13.6 Å². The van der Waals surface area contributed by atoms with Gasteiger partial charge in [0.15, 0.2) is 0 Å². The highest BCUT2D eigenvalue weighted by atomic mass is 16.2. The maximum atomic E-state index is 12.5. The van der Waals surface area contributed by atoms with Crippen LogP contribution in [0.15, 0.2) is 30.3 Å². The van der Waals surface area contributed by atoms with E-state index >= 15 is 0 Å². The normalized spacial score (nSPS) is 14.6. The number of carbonyl (C=O) groups is 1. The molecule has 0 bridgehead atoms. The van der Waals surface area contributed by atoms with Crippen LogP contribution in [0.5, 0.6) is 0 Å². The van der Waals surface area contributed by atoms with E-state index in [0.717, 1.165) is 28.7 Å². The van der Waals surface area contributed by atoms with Crippen molar-refractivity contribution in [1.82, 2.24) is 9.88 Å². The van der Waals surface area contributed by atoms with Crippen molar-refractivity contribution in [2.45, 2.75) is 19.8 Å². The van der Waals surface area contributed by atoms with Crippen LogP contribution in [-0.2, 0) is 0 Å². The van der Waals surface area contributed by atoms with Crippen molar-refractivity contribution in [2.24, 2.45) is 5.92 Å². The second kappa shape index (κ2) is 4.65. The number of rotatable bonds is 3. The lowest BCUT2D eigenvalue weighted by atomic mass is 10.1. The van der Waals surface area contributed by atoms with Gasteiger partial charge in [0.2, 0.25) is 0 Å². The fraction of sp³-hybridized carbons (Fsp3) is 0.375. The molecule has 1 aromatic carbocycles. The maximum absolute atomic E-state index is 12.5. The third-order valence-corrected chi connectivity index (χ3v) is 3.72. The van der Waals surface area contributed by atoms with Gasteiger partial charge in [0.05, 0.1) is 16.8 Å². The van der Waals surface area contributed by atoms with E-state index in [1.54, 1.807) is 0 Å². The number of hydrogen-bond acceptors (Lipinski definition) is 2. The summed E-state index contributed by atoms with van der Waals surface area (Å²) < 4.78 is 0. The van der Waals surface area contributed by atoms with Gasteiger partial charge in [-0.3, -0.25) is 9.78 Å². The lowest BCUT2D eigenvalue weighted by Crippen LogP contribution is -2.29. The molecule has 0 atom stereocenters. The molecule has 0 radical (unpaired) electrons. The largest absolute Gasteiger partial charge is 0.341 e. The molecule has 1 heterocycles. The molecule has 1 aliphatic rings. The predicted octanol–water partition coefficient (Wildman–Crippen LogP) is 3.03. The van der Waals surface area contributed by atoms with E-state index in [9.17, 15) is 4.79 Å². The highest BCUT2D eigenvalue weighted by molar-refractivity contribution is 5.98. The Kier molecular flexibility index (Phi) is 2.97. The average molecular weight is 254 g/mol. The number of benzene rings is 1. The van der Waals surface area contributed by atoms with Crippen LogP contribution >= 0.6 is 0 Å². The number of aromatic nitrogens is 1. The molecule has 1 aliphatic carbocycles. The van der Waals surface area contributed by atoms with Crippen molar-refractivity contribution in [1.29, 1.82) is 0 Å².